The molecule has 7 nitrogen and oxygen atoms in total. The highest BCUT2D eigenvalue weighted by Gasteiger charge is 2.62. The van der Waals surface area contributed by atoms with Crippen molar-refractivity contribution >= 4 is 22.8 Å². The SMILES string of the molecule is CC[C@@]1(C[C@H]2C[C@@]3(C(=O)OC)c4[nH]c5ccccc5c4CCN3C2=O)COC2(CCCCC2)O1. The highest BCUT2D eigenvalue weighted by Crippen LogP contribution is 2.52. The lowest BCUT2D eigenvalue weighted by molar-refractivity contribution is -0.208. The maximum atomic E-state index is 13.8. The molecule has 1 aliphatic carbocycles. The first kappa shape index (κ1) is 22.1. The number of benzene rings is 1. The molecule has 2 aromatic rings. The average molecular weight is 467 g/mol. The zero-order valence-corrected chi connectivity index (χ0v) is 20.2. The first-order valence-corrected chi connectivity index (χ1v) is 12.8. The Morgan fingerprint density at radius 3 is 2.79 bits per heavy atom. The number of ether oxygens (including phenoxy) is 3. The second-order valence-electron chi connectivity index (χ2n) is 10.6. The van der Waals surface area contributed by atoms with Crippen LogP contribution in [0.2, 0.25) is 0 Å². The standard InChI is InChI=1S/C27H34N2O5/c1-3-25(17-33-26(34-25)12-7-4-8-13-26)15-18-16-27(24(31)32-2)22-20(11-14-29(27)23(18)30)19-9-5-6-10-21(19)28-22/h5-6,9-10,18,28H,3-4,7-8,11-17H2,1-2H3/t18-,25+,27-/m0/s1. The molecule has 1 amide bonds. The molecule has 1 saturated carbocycles. The van der Waals surface area contributed by atoms with E-state index in [0.29, 0.717) is 26.0 Å². The molecule has 3 aliphatic heterocycles. The van der Waals surface area contributed by atoms with Crippen LogP contribution in [0.25, 0.3) is 10.9 Å². The van der Waals surface area contributed by atoms with E-state index in [9.17, 15) is 9.59 Å². The Bertz CT molecular complexity index is 1140. The van der Waals surface area contributed by atoms with Gasteiger partial charge in [-0.15, -0.1) is 0 Å². The van der Waals surface area contributed by atoms with Gasteiger partial charge in [0.15, 0.2) is 11.3 Å². The summed E-state index contributed by atoms with van der Waals surface area (Å²) in [5.74, 6) is -1.16. The Labute approximate surface area is 200 Å². The largest absolute Gasteiger partial charge is 0.467 e. The number of esters is 1. The van der Waals surface area contributed by atoms with Gasteiger partial charge in [0, 0.05) is 36.2 Å². The number of rotatable bonds is 4. The number of para-hydroxylation sites is 1. The lowest BCUT2D eigenvalue weighted by atomic mass is 9.80. The summed E-state index contributed by atoms with van der Waals surface area (Å²) in [7, 11) is 1.41. The molecular formula is C27H34N2O5. The van der Waals surface area contributed by atoms with E-state index in [4.69, 9.17) is 14.2 Å². The molecule has 2 saturated heterocycles. The third-order valence-electron chi connectivity index (χ3n) is 8.83. The number of methoxy groups -OCH3 is 1. The number of aromatic nitrogens is 1. The van der Waals surface area contributed by atoms with Crippen molar-refractivity contribution in [1.29, 1.82) is 0 Å². The predicted molar refractivity (Wildman–Crippen MR) is 126 cm³/mol. The molecule has 0 unspecified atom stereocenters. The van der Waals surface area contributed by atoms with Crippen LogP contribution in [0.3, 0.4) is 0 Å². The molecule has 34 heavy (non-hydrogen) atoms. The van der Waals surface area contributed by atoms with E-state index in [2.05, 4.69) is 18.0 Å². The first-order valence-electron chi connectivity index (χ1n) is 12.8. The first-order chi connectivity index (χ1) is 16.5. The summed E-state index contributed by atoms with van der Waals surface area (Å²) in [5, 5.41) is 1.12. The quantitative estimate of drug-likeness (QED) is 0.684. The number of carbonyl (C=O) groups is 2. The van der Waals surface area contributed by atoms with Crippen molar-refractivity contribution in [2.24, 2.45) is 5.92 Å². The summed E-state index contributed by atoms with van der Waals surface area (Å²) < 4.78 is 18.4. The molecule has 3 fully saturated rings. The van der Waals surface area contributed by atoms with Gasteiger partial charge in [0.2, 0.25) is 5.91 Å². The van der Waals surface area contributed by atoms with Crippen LogP contribution in [0.1, 0.15) is 69.5 Å². The van der Waals surface area contributed by atoms with Crippen molar-refractivity contribution < 1.29 is 23.8 Å². The summed E-state index contributed by atoms with van der Waals surface area (Å²) in [5.41, 5.74) is 1.33. The lowest BCUT2D eigenvalue weighted by Gasteiger charge is -2.39. The summed E-state index contributed by atoms with van der Waals surface area (Å²) >= 11 is 0. The smallest absolute Gasteiger partial charge is 0.338 e. The van der Waals surface area contributed by atoms with Crippen molar-refractivity contribution in [3.8, 4) is 0 Å². The second-order valence-corrected chi connectivity index (χ2v) is 10.6. The fraction of sp³-hybridized carbons (Fsp3) is 0.630. The van der Waals surface area contributed by atoms with Crippen molar-refractivity contribution in [1.82, 2.24) is 9.88 Å². The van der Waals surface area contributed by atoms with E-state index in [1.807, 2.05) is 18.2 Å². The molecule has 4 aliphatic rings. The maximum absolute atomic E-state index is 13.8. The van der Waals surface area contributed by atoms with Gasteiger partial charge in [0.1, 0.15) is 0 Å². The minimum Gasteiger partial charge on any atom is -0.467 e. The molecular weight excluding hydrogens is 432 g/mol. The highest BCUT2D eigenvalue weighted by atomic mass is 16.8. The minimum atomic E-state index is -1.11. The van der Waals surface area contributed by atoms with Gasteiger partial charge in [-0.05, 0) is 50.2 Å². The zero-order valence-electron chi connectivity index (χ0n) is 20.2. The molecule has 7 heteroatoms. The number of nitrogens with zero attached hydrogens (tertiary/aromatic N) is 1. The number of hydrogen-bond donors (Lipinski definition) is 1. The van der Waals surface area contributed by atoms with E-state index in [1.165, 1.54) is 13.5 Å². The Kier molecular flexibility index (Phi) is 5.08. The number of amides is 1. The Balaban J connectivity index is 1.36. The third-order valence-corrected chi connectivity index (χ3v) is 8.83. The summed E-state index contributed by atoms with van der Waals surface area (Å²) in [6.45, 7) is 3.14. The van der Waals surface area contributed by atoms with Crippen LogP contribution in [0.5, 0.6) is 0 Å². The summed E-state index contributed by atoms with van der Waals surface area (Å²) in [4.78, 5) is 32.5. The predicted octanol–water partition coefficient (Wildman–Crippen LogP) is 4.19. The summed E-state index contributed by atoms with van der Waals surface area (Å²) in [6.07, 6.45) is 7.76. The van der Waals surface area contributed by atoms with E-state index < -0.39 is 16.9 Å². The summed E-state index contributed by atoms with van der Waals surface area (Å²) in [6, 6.07) is 8.11. The number of H-pyrrole nitrogens is 1. The van der Waals surface area contributed by atoms with Gasteiger partial charge in [-0.3, -0.25) is 4.79 Å². The van der Waals surface area contributed by atoms with Gasteiger partial charge in [-0.2, -0.15) is 0 Å². The van der Waals surface area contributed by atoms with Gasteiger partial charge in [-0.1, -0.05) is 31.5 Å². The molecule has 182 valence electrons. The molecule has 1 N–H and O–H groups in total. The minimum absolute atomic E-state index is 0.0238. The highest BCUT2D eigenvalue weighted by molar-refractivity contribution is 5.97. The molecule has 1 spiro atoms. The number of carbonyl (C=O) groups excluding carboxylic acids is 2. The van der Waals surface area contributed by atoms with Gasteiger partial charge < -0.3 is 24.1 Å². The molecule has 0 bridgehead atoms. The van der Waals surface area contributed by atoms with Crippen LogP contribution in [-0.2, 0) is 35.8 Å². The van der Waals surface area contributed by atoms with Crippen LogP contribution < -0.4 is 0 Å². The number of aromatic amines is 1. The Hall–Kier alpha value is -2.38. The van der Waals surface area contributed by atoms with Gasteiger partial charge in [0.25, 0.3) is 0 Å². The van der Waals surface area contributed by atoms with Gasteiger partial charge in [-0.25, -0.2) is 4.79 Å². The Morgan fingerprint density at radius 2 is 2.03 bits per heavy atom. The van der Waals surface area contributed by atoms with E-state index >= 15 is 0 Å². The molecule has 0 radical (unpaired) electrons. The molecule has 4 heterocycles. The molecule has 1 aromatic carbocycles. The van der Waals surface area contributed by atoms with E-state index in [-0.39, 0.29) is 17.8 Å². The monoisotopic (exact) mass is 466 g/mol. The van der Waals surface area contributed by atoms with E-state index in [1.54, 1.807) is 4.90 Å². The van der Waals surface area contributed by atoms with Gasteiger partial charge >= 0.3 is 5.97 Å². The fourth-order valence-electron chi connectivity index (χ4n) is 7.08. The van der Waals surface area contributed by atoms with Gasteiger partial charge in [0.05, 0.1) is 25.0 Å². The molecule has 3 atom stereocenters. The lowest BCUT2D eigenvalue weighted by Crippen LogP contribution is -2.53. The van der Waals surface area contributed by atoms with Crippen molar-refractivity contribution in [3.05, 3.63) is 35.5 Å². The third kappa shape index (κ3) is 3.02. The van der Waals surface area contributed by atoms with Crippen LogP contribution in [0.4, 0.5) is 0 Å². The zero-order chi connectivity index (χ0) is 23.6. The van der Waals surface area contributed by atoms with Crippen molar-refractivity contribution in [3.63, 3.8) is 0 Å². The van der Waals surface area contributed by atoms with E-state index in [0.717, 1.165) is 60.7 Å². The normalized spacial score (nSPS) is 32.2. The molecule has 1 aromatic heterocycles. The van der Waals surface area contributed by atoms with Crippen molar-refractivity contribution in [2.45, 2.75) is 81.6 Å². The number of nitrogens with one attached hydrogen (secondary N) is 1. The van der Waals surface area contributed by atoms with Crippen LogP contribution in [-0.4, -0.2) is 53.4 Å². The van der Waals surface area contributed by atoms with Crippen LogP contribution in [0.15, 0.2) is 24.3 Å². The van der Waals surface area contributed by atoms with Crippen LogP contribution >= 0.6 is 0 Å². The fourth-order valence-corrected chi connectivity index (χ4v) is 7.08. The topological polar surface area (TPSA) is 80.9 Å². The van der Waals surface area contributed by atoms with Crippen molar-refractivity contribution in [2.75, 3.05) is 20.3 Å². The Morgan fingerprint density at radius 1 is 1.24 bits per heavy atom. The molecule has 6 rings (SSSR count). The van der Waals surface area contributed by atoms with Crippen LogP contribution in [0, 0.1) is 5.92 Å². The average Bonchev–Trinajstić information content (AvgIpc) is 3.51. The maximum Gasteiger partial charge on any atom is 0.338 e. The number of fused-ring (bicyclic) bond motifs is 5. The number of hydrogen-bond acceptors (Lipinski definition) is 5. The second kappa shape index (κ2) is 7.82.